The summed E-state index contributed by atoms with van der Waals surface area (Å²) in [7, 11) is 0. The van der Waals surface area contributed by atoms with Gasteiger partial charge in [-0.3, -0.25) is 0 Å². The summed E-state index contributed by atoms with van der Waals surface area (Å²) in [6.45, 7) is 8.02. The molecular formula is C17H29NO3. The number of aliphatic hydroxyl groups is 1. The van der Waals surface area contributed by atoms with Crippen molar-refractivity contribution in [2.75, 3.05) is 26.4 Å². The Balaban J connectivity index is 3.04. The van der Waals surface area contributed by atoms with Crippen molar-refractivity contribution in [3.63, 3.8) is 0 Å². The van der Waals surface area contributed by atoms with Crippen LogP contribution in [0.5, 0.6) is 11.5 Å². The SMILES string of the molecule is CCOc1ccc(OCC)c(C(CC)CC(CN)CO)c1. The van der Waals surface area contributed by atoms with Gasteiger partial charge in [0.25, 0.3) is 0 Å². The van der Waals surface area contributed by atoms with Crippen molar-refractivity contribution in [3.8, 4) is 11.5 Å². The first kappa shape index (κ1) is 17.8. The van der Waals surface area contributed by atoms with Crippen molar-refractivity contribution in [2.45, 2.75) is 39.5 Å². The minimum atomic E-state index is 0.125. The van der Waals surface area contributed by atoms with E-state index < -0.39 is 0 Å². The summed E-state index contributed by atoms with van der Waals surface area (Å²) < 4.78 is 11.4. The average molecular weight is 295 g/mol. The Bertz CT molecular complexity index is 405. The van der Waals surface area contributed by atoms with Gasteiger partial charge in [0.2, 0.25) is 0 Å². The largest absolute Gasteiger partial charge is 0.494 e. The molecule has 2 atom stereocenters. The van der Waals surface area contributed by atoms with Crippen molar-refractivity contribution in [1.82, 2.24) is 0 Å². The zero-order valence-corrected chi connectivity index (χ0v) is 13.5. The zero-order chi connectivity index (χ0) is 15.7. The molecule has 0 aliphatic carbocycles. The van der Waals surface area contributed by atoms with Crippen LogP contribution in [0.15, 0.2) is 18.2 Å². The molecule has 120 valence electrons. The van der Waals surface area contributed by atoms with Crippen molar-refractivity contribution >= 4 is 0 Å². The van der Waals surface area contributed by atoms with Crippen molar-refractivity contribution < 1.29 is 14.6 Å². The second kappa shape index (κ2) is 9.64. The lowest BCUT2D eigenvalue weighted by Gasteiger charge is -2.23. The standard InChI is InChI=1S/C17H29NO3/c1-4-14(9-13(11-18)12-19)16-10-15(20-5-2)7-8-17(16)21-6-3/h7-8,10,13-14,19H,4-6,9,11-12,18H2,1-3H3. The number of benzene rings is 1. The lowest BCUT2D eigenvalue weighted by atomic mass is 9.86. The van der Waals surface area contributed by atoms with Gasteiger partial charge in [-0.05, 0) is 63.3 Å². The van der Waals surface area contributed by atoms with Crippen LogP contribution in [0.25, 0.3) is 0 Å². The summed E-state index contributed by atoms with van der Waals surface area (Å²) in [5.41, 5.74) is 6.87. The van der Waals surface area contributed by atoms with Gasteiger partial charge in [-0.1, -0.05) is 6.92 Å². The van der Waals surface area contributed by atoms with Gasteiger partial charge >= 0.3 is 0 Å². The highest BCUT2D eigenvalue weighted by molar-refractivity contribution is 5.42. The predicted molar refractivity (Wildman–Crippen MR) is 86.1 cm³/mol. The number of hydrogen-bond acceptors (Lipinski definition) is 4. The lowest BCUT2D eigenvalue weighted by Crippen LogP contribution is -2.21. The van der Waals surface area contributed by atoms with Crippen LogP contribution in [0.3, 0.4) is 0 Å². The Kier molecular flexibility index (Phi) is 8.16. The molecule has 1 aromatic rings. The van der Waals surface area contributed by atoms with Gasteiger partial charge in [0.15, 0.2) is 0 Å². The summed E-state index contributed by atoms with van der Waals surface area (Å²) in [6, 6.07) is 5.98. The third kappa shape index (κ3) is 5.21. The van der Waals surface area contributed by atoms with Gasteiger partial charge in [0.1, 0.15) is 11.5 Å². The van der Waals surface area contributed by atoms with Crippen LogP contribution in [-0.2, 0) is 0 Å². The van der Waals surface area contributed by atoms with Gasteiger partial charge < -0.3 is 20.3 Å². The Morgan fingerprint density at radius 1 is 1.14 bits per heavy atom. The number of aliphatic hydroxyl groups excluding tert-OH is 1. The second-order valence-electron chi connectivity index (χ2n) is 5.19. The van der Waals surface area contributed by atoms with Crippen LogP contribution in [-0.4, -0.2) is 31.5 Å². The van der Waals surface area contributed by atoms with Gasteiger partial charge in [-0.25, -0.2) is 0 Å². The van der Waals surface area contributed by atoms with E-state index in [1.165, 1.54) is 0 Å². The minimum Gasteiger partial charge on any atom is -0.494 e. The van der Waals surface area contributed by atoms with E-state index in [9.17, 15) is 5.11 Å². The van der Waals surface area contributed by atoms with Crippen LogP contribution in [0, 0.1) is 5.92 Å². The molecule has 2 unspecified atom stereocenters. The molecular weight excluding hydrogens is 266 g/mol. The molecule has 0 saturated carbocycles. The molecule has 0 amide bonds. The monoisotopic (exact) mass is 295 g/mol. The van der Waals surface area contributed by atoms with E-state index in [-0.39, 0.29) is 12.5 Å². The Morgan fingerprint density at radius 2 is 1.86 bits per heavy atom. The first-order chi connectivity index (χ1) is 10.2. The molecule has 0 radical (unpaired) electrons. The Morgan fingerprint density at radius 3 is 2.38 bits per heavy atom. The summed E-state index contributed by atoms with van der Waals surface area (Å²) in [4.78, 5) is 0. The zero-order valence-electron chi connectivity index (χ0n) is 13.5. The highest BCUT2D eigenvalue weighted by Gasteiger charge is 2.20. The molecule has 3 N–H and O–H groups in total. The van der Waals surface area contributed by atoms with E-state index in [1.807, 2.05) is 26.0 Å². The summed E-state index contributed by atoms with van der Waals surface area (Å²) in [6.07, 6.45) is 1.84. The van der Waals surface area contributed by atoms with E-state index in [4.69, 9.17) is 15.2 Å². The normalized spacial score (nSPS) is 13.8. The average Bonchev–Trinajstić information content (AvgIpc) is 2.51. The molecule has 0 fully saturated rings. The van der Waals surface area contributed by atoms with Crippen LogP contribution in [0.2, 0.25) is 0 Å². The van der Waals surface area contributed by atoms with Crippen LogP contribution in [0.1, 0.15) is 45.1 Å². The van der Waals surface area contributed by atoms with Crippen LogP contribution in [0.4, 0.5) is 0 Å². The summed E-state index contributed by atoms with van der Waals surface area (Å²) in [5.74, 6) is 2.21. The maximum atomic E-state index is 9.39. The first-order valence-corrected chi connectivity index (χ1v) is 7.90. The molecule has 0 spiro atoms. The quantitative estimate of drug-likeness (QED) is 0.696. The smallest absolute Gasteiger partial charge is 0.123 e. The fraction of sp³-hybridized carbons (Fsp3) is 0.647. The van der Waals surface area contributed by atoms with Gasteiger partial charge in [-0.15, -0.1) is 0 Å². The molecule has 1 aromatic carbocycles. The molecule has 1 rings (SSSR count). The van der Waals surface area contributed by atoms with Crippen molar-refractivity contribution in [1.29, 1.82) is 0 Å². The van der Waals surface area contributed by atoms with Crippen LogP contribution < -0.4 is 15.2 Å². The number of ether oxygens (including phenoxy) is 2. The van der Waals surface area contributed by atoms with E-state index in [2.05, 4.69) is 13.0 Å². The van der Waals surface area contributed by atoms with Crippen molar-refractivity contribution in [3.05, 3.63) is 23.8 Å². The van der Waals surface area contributed by atoms with Gasteiger partial charge in [0.05, 0.1) is 13.2 Å². The highest BCUT2D eigenvalue weighted by atomic mass is 16.5. The second-order valence-corrected chi connectivity index (χ2v) is 5.19. The molecule has 0 heterocycles. The summed E-state index contributed by atoms with van der Waals surface area (Å²) in [5, 5.41) is 9.39. The molecule has 4 heteroatoms. The van der Waals surface area contributed by atoms with Crippen LogP contribution >= 0.6 is 0 Å². The molecule has 0 saturated heterocycles. The van der Waals surface area contributed by atoms with E-state index >= 15 is 0 Å². The fourth-order valence-corrected chi connectivity index (χ4v) is 2.55. The third-order valence-electron chi connectivity index (χ3n) is 3.73. The molecule has 21 heavy (non-hydrogen) atoms. The topological polar surface area (TPSA) is 64.7 Å². The maximum Gasteiger partial charge on any atom is 0.123 e. The highest BCUT2D eigenvalue weighted by Crippen LogP contribution is 2.36. The lowest BCUT2D eigenvalue weighted by molar-refractivity contribution is 0.213. The minimum absolute atomic E-state index is 0.125. The molecule has 0 aliphatic rings. The fourth-order valence-electron chi connectivity index (χ4n) is 2.55. The number of rotatable bonds is 10. The van der Waals surface area contributed by atoms with E-state index in [1.54, 1.807) is 0 Å². The Labute approximate surface area is 128 Å². The predicted octanol–water partition coefficient (Wildman–Crippen LogP) is 2.93. The Hall–Kier alpha value is -1.26. The molecule has 4 nitrogen and oxygen atoms in total. The van der Waals surface area contributed by atoms with Gasteiger partial charge in [0, 0.05) is 12.2 Å². The first-order valence-electron chi connectivity index (χ1n) is 7.90. The third-order valence-corrected chi connectivity index (χ3v) is 3.73. The number of hydrogen-bond donors (Lipinski definition) is 2. The van der Waals surface area contributed by atoms with Crippen molar-refractivity contribution in [2.24, 2.45) is 11.7 Å². The van der Waals surface area contributed by atoms with E-state index in [0.29, 0.717) is 25.7 Å². The molecule has 0 aliphatic heterocycles. The maximum absolute atomic E-state index is 9.39. The van der Waals surface area contributed by atoms with Gasteiger partial charge in [-0.2, -0.15) is 0 Å². The molecule has 0 aromatic heterocycles. The van der Waals surface area contributed by atoms with E-state index in [0.717, 1.165) is 29.9 Å². The molecule has 0 bridgehead atoms. The number of nitrogens with two attached hydrogens (primary N) is 1. The summed E-state index contributed by atoms with van der Waals surface area (Å²) >= 11 is 0.